The number of rotatable bonds is 4. The van der Waals surface area contributed by atoms with Crippen LogP contribution in [0.5, 0.6) is 0 Å². The lowest BCUT2D eigenvalue weighted by molar-refractivity contribution is 0.320. The first-order valence-electron chi connectivity index (χ1n) is 2.28. The fraction of sp³-hybridized carbons (Fsp3) is 1.00. The molecule has 6 nitrogen and oxygen atoms in total. The molecule has 0 fully saturated rings. The summed E-state index contributed by atoms with van der Waals surface area (Å²) >= 11 is 3.86. The number of hydrogen-bond donors (Lipinski definition) is 2. The molecule has 0 radical (unpaired) electrons. The average molecular weight is 222 g/mol. The van der Waals surface area contributed by atoms with E-state index in [-0.39, 0.29) is 0 Å². The summed E-state index contributed by atoms with van der Waals surface area (Å²) in [6.45, 7) is -0.600. The molecule has 0 heterocycles. The molecular formula is C2H6O6S3. The molecule has 0 spiro atoms. The van der Waals surface area contributed by atoms with Crippen molar-refractivity contribution in [2.75, 3.05) is 12.4 Å². The molecule has 0 aromatic heterocycles. The minimum absolute atomic E-state index is 0.600. The minimum atomic E-state index is -4.15. The van der Waals surface area contributed by atoms with Crippen LogP contribution in [-0.4, -0.2) is 34.1 Å². The van der Waals surface area contributed by atoms with Crippen LogP contribution < -0.4 is 0 Å². The summed E-state index contributed by atoms with van der Waals surface area (Å²) in [4.78, 5) is 0. The first-order chi connectivity index (χ1) is 4.71. The molecule has 68 valence electrons. The van der Waals surface area contributed by atoms with Crippen LogP contribution >= 0.6 is 0 Å². The van der Waals surface area contributed by atoms with Crippen molar-refractivity contribution in [1.82, 2.24) is 0 Å². The van der Waals surface area contributed by atoms with Crippen molar-refractivity contribution >= 4 is 30.4 Å². The Morgan fingerprint density at radius 1 is 1.27 bits per heavy atom. The fourth-order valence-corrected chi connectivity index (χ4v) is 1.14. The molecule has 0 saturated carbocycles. The average Bonchev–Trinajstić information content (AvgIpc) is 1.55. The van der Waals surface area contributed by atoms with Gasteiger partial charge in [0.2, 0.25) is 0 Å². The summed E-state index contributed by atoms with van der Waals surface area (Å²) in [5.41, 5.74) is 0. The summed E-state index contributed by atoms with van der Waals surface area (Å²) in [5.74, 6) is -0.749. The summed E-state index contributed by atoms with van der Waals surface area (Å²) in [5, 5.41) is 0. The van der Waals surface area contributed by atoms with Crippen molar-refractivity contribution < 1.29 is 25.9 Å². The van der Waals surface area contributed by atoms with Gasteiger partial charge >= 0.3 is 0 Å². The van der Waals surface area contributed by atoms with E-state index in [2.05, 4.69) is 15.4 Å². The van der Waals surface area contributed by atoms with E-state index in [0.717, 1.165) is 0 Å². The SMILES string of the molecule is O=S(=O)(O)CCOS(=O)(O)=S. The normalized spacial score (nSPS) is 17.6. The van der Waals surface area contributed by atoms with E-state index in [1.807, 2.05) is 0 Å². The number of hydrogen-bond acceptors (Lipinski definition) is 5. The highest BCUT2D eigenvalue weighted by Crippen LogP contribution is 1.89. The summed E-state index contributed by atoms with van der Waals surface area (Å²) in [6.07, 6.45) is 0. The van der Waals surface area contributed by atoms with Gasteiger partial charge in [0, 0.05) is 11.2 Å². The van der Waals surface area contributed by atoms with Crippen LogP contribution in [0, 0.1) is 0 Å². The Morgan fingerprint density at radius 2 is 1.73 bits per heavy atom. The van der Waals surface area contributed by atoms with Gasteiger partial charge in [-0.25, -0.2) is 0 Å². The second kappa shape index (κ2) is 3.74. The molecule has 0 aliphatic heterocycles. The topological polar surface area (TPSA) is 101 Å². The van der Waals surface area contributed by atoms with Gasteiger partial charge in [0.05, 0.1) is 6.61 Å². The molecule has 0 aromatic carbocycles. The van der Waals surface area contributed by atoms with Crippen LogP contribution in [-0.2, 0) is 34.5 Å². The van der Waals surface area contributed by atoms with Crippen LogP contribution in [0.4, 0.5) is 0 Å². The Kier molecular flexibility index (Phi) is 3.80. The molecule has 0 aromatic rings. The van der Waals surface area contributed by atoms with E-state index in [0.29, 0.717) is 0 Å². The Bertz CT molecular complexity index is 265. The smallest absolute Gasteiger partial charge is 0.267 e. The third-order valence-electron chi connectivity index (χ3n) is 0.574. The van der Waals surface area contributed by atoms with Gasteiger partial charge in [-0.3, -0.25) is 13.3 Å². The molecule has 0 saturated heterocycles. The van der Waals surface area contributed by atoms with E-state index in [9.17, 15) is 12.6 Å². The molecule has 1 unspecified atom stereocenters. The fourth-order valence-electron chi connectivity index (χ4n) is 0.245. The highest BCUT2D eigenvalue weighted by atomic mass is 32.9. The molecular weight excluding hydrogens is 216 g/mol. The Hall–Kier alpha value is 0.200. The van der Waals surface area contributed by atoms with Crippen LogP contribution in [0.15, 0.2) is 0 Å². The zero-order valence-electron chi connectivity index (χ0n) is 5.17. The first-order valence-corrected chi connectivity index (χ1v) is 6.25. The molecule has 9 heteroatoms. The van der Waals surface area contributed by atoms with E-state index in [1.54, 1.807) is 0 Å². The lowest BCUT2D eigenvalue weighted by Gasteiger charge is -1.98. The van der Waals surface area contributed by atoms with Gasteiger partial charge in [-0.1, -0.05) is 0 Å². The third kappa shape index (κ3) is 10.2. The summed E-state index contributed by atoms with van der Waals surface area (Å²) in [7, 11) is -7.94. The molecule has 0 rings (SSSR count). The van der Waals surface area contributed by atoms with Crippen molar-refractivity contribution in [1.29, 1.82) is 0 Å². The maximum Gasteiger partial charge on any atom is 0.267 e. The Morgan fingerprint density at radius 3 is 2.00 bits per heavy atom. The summed E-state index contributed by atoms with van der Waals surface area (Å²) in [6, 6.07) is 0. The Balaban J connectivity index is 3.79. The van der Waals surface area contributed by atoms with E-state index in [4.69, 9.17) is 9.11 Å². The largest absolute Gasteiger partial charge is 0.285 e. The van der Waals surface area contributed by atoms with E-state index in [1.165, 1.54) is 0 Å². The maximum atomic E-state index is 10.1. The first kappa shape index (κ1) is 11.2. The molecule has 0 aliphatic rings. The molecule has 2 N–H and O–H groups in total. The standard InChI is InChI=1S/C2H6O6S3/c3-10(4,5)2-1-8-11(6,7)9/h1-2H2,(H,3,4,5)(H,6,7,9). The monoisotopic (exact) mass is 222 g/mol. The van der Waals surface area contributed by atoms with E-state index >= 15 is 0 Å². The maximum absolute atomic E-state index is 10.1. The minimum Gasteiger partial charge on any atom is -0.285 e. The van der Waals surface area contributed by atoms with Crippen molar-refractivity contribution in [3.05, 3.63) is 0 Å². The van der Waals surface area contributed by atoms with Gasteiger partial charge in [-0.2, -0.15) is 12.6 Å². The predicted molar refractivity (Wildman–Crippen MR) is 40.5 cm³/mol. The van der Waals surface area contributed by atoms with Gasteiger partial charge in [0.25, 0.3) is 19.2 Å². The quantitative estimate of drug-likeness (QED) is 0.590. The van der Waals surface area contributed by atoms with Gasteiger partial charge in [0.1, 0.15) is 5.75 Å². The predicted octanol–water partition coefficient (Wildman–Crippen LogP) is -0.975. The van der Waals surface area contributed by atoms with Gasteiger partial charge < -0.3 is 0 Å². The third-order valence-corrected chi connectivity index (χ3v) is 2.01. The summed E-state index contributed by atoms with van der Waals surface area (Å²) < 4.78 is 50.4. The highest BCUT2D eigenvalue weighted by Gasteiger charge is 2.06. The molecule has 0 aliphatic carbocycles. The lowest BCUT2D eigenvalue weighted by atomic mass is 10.9. The highest BCUT2D eigenvalue weighted by molar-refractivity contribution is 8.27. The molecule has 0 bridgehead atoms. The van der Waals surface area contributed by atoms with Gasteiger partial charge in [0.15, 0.2) is 0 Å². The van der Waals surface area contributed by atoms with Crippen LogP contribution in [0.25, 0.3) is 0 Å². The molecule has 1 atom stereocenters. The second-order valence-electron chi connectivity index (χ2n) is 1.54. The molecule has 0 amide bonds. The van der Waals surface area contributed by atoms with Crippen LogP contribution in [0.1, 0.15) is 0 Å². The van der Waals surface area contributed by atoms with Crippen LogP contribution in [0.2, 0.25) is 0 Å². The lowest BCUT2D eigenvalue weighted by Crippen LogP contribution is -2.13. The zero-order valence-corrected chi connectivity index (χ0v) is 7.62. The second-order valence-corrected chi connectivity index (χ2v) is 5.46. The van der Waals surface area contributed by atoms with E-state index < -0.39 is 31.5 Å². The molecule has 11 heavy (non-hydrogen) atoms. The van der Waals surface area contributed by atoms with Gasteiger partial charge in [-0.15, -0.1) is 0 Å². The van der Waals surface area contributed by atoms with Crippen molar-refractivity contribution in [3.63, 3.8) is 0 Å². The Labute approximate surface area is 69.0 Å². The van der Waals surface area contributed by atoms with Gasteiger partial charge in [-0.05, 0) is 0 Å². The van der Waals surface area contributed by atoms with Crippen molar-refractivity contribution in [2.45, 2.75) is 0 Å². The van der Waals surface area contributed by atoms with Crippen molar-refractivity contribution in [2.24, 2.45) is 0 Å². The van der Waals surface area contributed by atoms with Crippen molar-refractivity contribution in [3.8, 4) is 0 Å². The van der Waals surface area contributed by atoms with Crippen LogP contribution in [0.3, 0.4) is 0 Å². The zero-order chi connectivity index (χ0) is 9.12.